The first kappa shape index (κ1) is 12.2. The number of nitriles is 1. The van der Waals surface area contributed by atoms with Crippen LogP contribution in [0.1, 0.15) is 18.9 Å². The average molecular weight is 244 g/mol. The third kappa shape index (κ3) is 2.09. The van der Waals surface area contributed by atoms with Gasteiger partial charge in [0.25, 0.3) is 0 Å². The van der Waals surface area contributed by atoms with Gasteiger partial charge in [0.1, 0.15) is 12.1 Å². The van der Waals surface area contributed by atoms with Gasteiger partial charge in [-0.25, -0.2) is 0 Å². The molecule has 0 radical (unpaired) electrons. The fourth-order valence-electron chi connectivity index (χ4n) is 2.26. The van der Waals surface area contributed by atoms with Crippen LogP contribution < -0.4 is 16.0 Å². The summed E-state index contributed by atoms with van der Waals surface area (Å²) in [7, 11) is 0. The minimum absolute atomic E-state index is 0.0479. The maximum Gasteiger partial charge on any atom is 0.242 e. The summed E-state index contributed by atoms with van der Waals surface area (Å²) in [5.41, 5.74) is 7.63. The molecule has 1 fully saturated rings. The van der Waals surface area contributed by atoms with E-state index in [1.165, 1.54) is 0 Å². The zero-order valence-electron chi connectivity index (χ0n) is 10.3. The van der Waals surface area contributed by atoms with Crippen LogP contribution in [0, 0.1) is 11.3 Å². The third-order valence-electron chi connectivity index (χ3n) is 3.20. The maximum atomic E-state index is 11.8. The second kappa shape index (κ2) is 4.96. The van der Waals surface area contributed by atoms with Crippen LogP contribution in [0.15, 0.2) is 18.2 Å². The smallest absolute Gasteiger partial charge is 0.242 e. The molecule has 0 saturated carbocycles. The number of hydrogen-bond donors (Lipinski definition) is 2. The molecule has 18 heavy (non-hydrogen) atoms. The molecule has 1 heterocycles. The highest BCUT2D eigenvalue weighted by Gasteiger charge is 2.28. The summed E-state index contributed by atoms with van der Waals surface area (Å²) < 4.78 is 0. The van der Waals surface area contributed by atoms with Crippen molar-refractivity contribution in [3.8, 4) is 6.07 Å². The van der Waals surface area contributed by atoms with Crippen LogP contribution >= 0.6 is 0 Å². The van der Waals surface area contributed by atoms with E-state index in [9.17, 15) is 4.79 Å². The number of rotatable bonds is 2. The first-order chi connectivity index (χ1) is 8.67. The van der Waals surface area contributed by atoms with Gasteiger partial charge in [-0.05, 0) is 24.6 Å². The molecule has 5 heteroatoms. The van der Waals surface area contributed by atoms with Crippen LogP contribution in [0.5, 0.6) is 0 Å². The van der Waals surface area contributed by atoms with E-state index in [0.29, 0.717) is 17.8 Å². The molecule has 1 amide bonds. The Morgan fingerprint density at radius 3 is 3.00 bits per heavy atom. The number of piperazine rings is 1. The largest absolute Gasteiger partial charge is 0.398 e. The van der Waals surface area contributed by atoms with E-state index in [-0.39, 0.29) is 11.9 Å². The van der Waals surface area contributed by atoms with E-state index in [4.69, 9.17) is 11.0 Å². The molecular weight excluding hydrogens is 228 g/mol. The Morgan fingerprint density at radius 1 is 1.61 bits per heavy atom. The number of amides is 1. The summed E-state index contributed by atoms with van der Waals surface area (Å²) in [5.74, 6) is 0.0479. The van der Waals surface area contributed by atoms with Crippen LogP contribution in [0.25, 0.3) is 0 Å². The summed E-state index contributed by atoms with van der Waals surface area (Å²) in [6.07, 6.45) is 0.742. The van der Waals surface area contributed by atoms with Crippen molar-refractivity contribution in [1.29, 1.82) is 5.26 Å². The molecule has 1 unspecified atom stereocenters. The quantitative estimate of drug-likeness (QED) is 0.756. The Morgan fingerprint density at radius 2 is 2.39 bits per heavy atom. The van der Waals surface area contributed by atoms with Gasteiger partial charge in [0.15, 0.2) is 0 Å². The normalized spacial score (nSPS) is 19.2. The molecule has 3 N–H and O–H groups in total. The molecule has 0 bridgehead atoms. The number of anilines is 2. The number of carbonyl (C=O) groups excluding carboxylic acids is 1. The highest BCUT2D eigenvalue weighted by atomic mass is 16.2. The summed E-state index contributed by atoms with van der Waals surface area (Å²) in [4.78, 5) is 13.8. The van der Waals surface area contributed by atoms with Crippen LogP contribution in [-0.4, -0.2) is 25.0 Å². The van der Waals surface area contributed by atoms with Gasteiger partial charge in [0, 0.05) is 18.8 Å². The zero-order chi connectivity index (χ0) is 13.1. The van der Waals surface area contributed by atoms with E-state index < -0.39 is 0 Å². The predicted molar refractivity (Wildman–Crippen MR) is 70.0 cm³/mol. The van der Waals surface area contributed by atoms with Gasteiger partial charge >= 0.3 is 0 Å². The van der Waals surface area contributed by atoms with E-state index >= 15 is 0 Å². The molecule has 1 aliphatic heterocycles. The molecular formula is C13H16N4O. The van der Waals surface area contributed by atoms with Gasteiger partial charge in [-0.2, -0.15) is 5.26 Å². The van der Waals surface area contributed by atoms with Crippen molar-refractivity contribution in [2.45, 2.75) is 19.4 Å². The average Bonchev–Trinajstić information content (AvgIpc) is 2.38. The molecule has 0 aromatic heterocycles. The molecule has 1 atom stereocenters. The Labute approximate surface area is 106 Å². The van der Waals surface area contributed by atoms with Gasteiger partial charge < -0.3 is 16.0 Å². The molecule has 0 spiro atoms. The molecule has 0 aliphatic carbocycles. The van der Waals surface area contributed by atoms with E-state index in [2.05, 4.69) is 5.32 Å². The fraction of sp³-hybridized carbons (Fsp3) is 0.385. The van der Waals surface area contributed by atoms with E-state index in [1.54, 1.807) is 12.1 Å². The van der Waals surface area contributed by atoms with Crippen molar-refractivity contribution in [3.63, 3.8) is 0 Å². The van der Waals surface area contributed by atoms with Crippen molar-refractivity contribution in [2.24, 2.45) is 0 Å². The number of hydrogen-bond acceptors (Lipinski definition) is 4. The van der Waals surface area contributed by atoms with E-state index in [1.807, 2.05) is 24.0 Å². The summed E-state index contributed by atoms with van der Waals surface area (Å²) in [6.45, 7) is 3.38. The van der Waals surface area contributed by atoms with Crippen molar-refractivity contribution in [3.05, 3.63) is 23.8 Å². The van der Waals surface area contributed by atoms with Crippen LogP contribution in [-0.2, 0) is 4.79 Å². The van der Waals surface area contributed by atoms with Crippen molar-refractivity contribution >= 4 is 17.3 Å². The van der Waals surface area contributed by atoms with Crippen molar-refractivity contribution in [1.82, 2.24) is 5.32 Å². The Bertz CT molecular complexity index is 506. The lowest BCUT2D eigenvalue weighted by atomic mass is 10.1. The Hall–Kier alpha value is -2.22. The van der Waals surface area contributed by atoms with Gasteiger partial charge in [0.2, 0.25) is 5.91 Å². The van der Waals surface area contributed by atoms with Crippen molar-refractivity contribution in [2.75, 3.05) is 23.7 Å². The van der Waals surface area contributed by atoms with Gasteiger partial charge in [-0.3, -0.25) is 4.79 Å². The third-order valence-corrected chi connectivity index (χ3v) is 3.20. The lowest BCUT2D eigenvalue weighted by Gasteiger charge is -2.36. The molecule has 94 valence electrons. The molecule has 1 aliphatic rings. The van der Waals surface area contributed by atoms with Crippen molar-refractivity contribution < 1.29 is 4.79 Å². The minimum atomic E-state index is -0.161. The Kier molecular flexibility index (Phi) is 3.38. The number of nitrogens with one attached hydrogen (secondary N) is 1. The topological polar surface area (TPSA) is 82.2 Å². The van der Waals surface area contributed by atoms with Crippen LogP contribution in [0.3, 0.4) is 0 Å². The summed E-state index contributed by atoms with van der Waals surface area (Å²) in [6, 6.07) is 7.18. The molecule has 2 rings (SSSR count). The van der Waals surface area contributed by atoms with Gasteiger partial charge in [-0.15, -0.1) is 0 Å². The number of nitrogens with two attached hydrogens (primary N) is 1. The maximum absolute atomic E-state index is 11.8. The first-order valence-corrected chi connectivity index (χ1v) is 6.01. The Balaban J connectivity index is 2.32. The number of benzene rings is 1. The van der Waals surface area contributed by atoms with Gasteiger partial charge in [0.05, 0.1) is 11.3 Å². The number of nitrogens with zero attached hydrogens (tertiary/aromatic N) is 2. The van der Waals surface area contributed by atoms with E-state index in [0.717, 1.165) is 18.7 Å². The van der Waals surface area contributed by atoms with Crippen LogP contribution in [0.2, 0.25) is 0 Å². The molecule has 1 saturated heterocycles. The lowest BCUT2D eigenvalue weighted by Crippen LogP contribution is -2.55. The standard InChI is InChI=1S/C13H16N4O/c1-2-12-13(18)16-5-6-17(12)10-4-3-9(8-14)11(15)7-10/h3-4,7,12H,2,5-6,15H2,1H3,(H,16,18). The van der Waals surface area contributed by atoms with Gasteiger partial charge in [-0.1, -0.05) is 6.92 Å². The second-order valence-electron chi connectivity index (χ2n) is 4.29. The molecule has 5 nitrogen and oxygen atoms in total. The zero-order valence-corrected chi connectivity index (χ0v) is 10.3. The highest BCUT2D eigenvalue weighted by molar-refractivity contribution is 5.86. The number of carbonyl (C=O) groups is 1. The predicted octanol–water partition coefficient (Wildman–Crippen LogP) is 0.855. The second-order valence-corrected chi connectivity index (χ2v) is 4.29. The SMILES string of the molecule is CCC1C(=O)NCCN1c1ccc(C#N)c(N)c1. The minimum Gasteiger partial charge on any atom is -0.398 e. The highest BCUT2D eigenvalue weighted by Crippen LogP contribution is 2.24. The first-order valence-electron chi connectivity index (χ1n) is 6.01. The summed E-state index contributed by atoms with van der Waals surface area (Å²) in [5, 5.41) is 11.7. The lowest BCUT2D eigenvalue weighted by molar-refractivity contribution is -0.123. The monoisotopic (exact) mass is 244 g/mol. The molecule has 1 aromatic carbocycles. The summed E-state index contributed by atoms with van der Waals surface area (Å²) >= 11 is 0. The molecule has 1 aromatic rings. The fourth-order valence-corrected chi connectivity index (χ4v) is 2.26. The van der Waals surface area contributed by atoms with Crippen LogP contribution in [0.4, 0.5) is 11.4 Å². The number of nitrogen functional groups attached to an aromatic ring is 1.